The fraction of sp³-hybridized carbons (Fsp3) is 0.667. The van der Waals surface area contributed by atoms with E-state index in [1.807, 2.05) is 30.9 Å². The quantitative estimate of drug-likeness (QED) is 0.783. The minimum absolute atomic E-state index is 0.0458. The van der Waals surface area contributed by atoms with Crippen LogP contribution >= 0.6 is 0 Å². The van der Waals surface area contributed by atoms with E-state index in [1.54, 1.807) is 18.2 Å². The van der Waals surface area contributed by atoms with Gasteiger partial charge in [-0.05, 0) is 32.0 Å². The highest BCUT2D eigenvalue weighted by Gasteiger charge is 2.35. The van der Waals surface area contributed by atoms with Gasteiger partial charge in [-0.25, -0.2) is 8.42 Å². The van der Waals surface area contributed by atoms with Crippen LogP contribution in [-0.4, -0.2) is 61.3 Å². The molecule has 6 nitrogen and oxygen atoms in total. The fourth-order valence-corrected chi connectivity index (χ4v) is 4.61. The molecule has 0 saturated carbocycles. The second kappa shape index (κ2) is 6.83. The second-order valence-corrected chi connectivity index (χ2v) is 8.05. The number of furan rings is 1. The molecule has 7 heteroatoms. The number of rotatable bonds is 6. The fourth-order valence-electron chi connectivity index (χ4n) is 2.84. The predicted octanol–water partition coefficient (Wildman–Crippen LogP) is 1.14. The number of hydrogen-bond donors (Lipinski definition) is 0. The van der Waals surface area contributed by atoms with Gasteiger partial charge < -0.3 is 9.32 Å². The van der Waals surface area contributed by atoms with Crippen LogP contribution in [0.2, 0.25) is 0 Å². The Bertz CT molecular complexity index is 597. The minimum Gasteiger partial charge on any atom is -0.468 e. The molecule has 0 radical (unpaired) electrons. The molecule has 0 unspecified atom stereocenters. The maximum absolute atomic E-state index is 12.6. The van der Waals surface area contributed by atoms with Gasteiger partial charge in [-0.15, -0.1) is 0 Å². The molecule has 1 fully saturated rings. The number of carbonyl (C=O) groups excluding carboxylic acids is 1. The Morgan fingerprint density at radius 3 is 2.73 bits per heavy atom. The van der Waals surface area contributed by atoms with Crippen molar-refractivity contribution in [2.45, 2.75) is 38.9 Å². The van der Waals surface area contributed by atoms with Gasteiger partial charge in [-0.3, -0.25) is 9.69 Å². The lowest BCUT2D eigenvalue weighted by molar-refractivity contribution is -0.137. The van der Waals surface area contributed by atoms with E-state index in [1.165, 1.54) is 0 Å². The van der Waals surface area contributed by atoms with Crippen molar-refractivity contribution in [3.05, 3.63) is 24.2 Å². The first-order chi connectivity index (χ1) is 10.3. The summed E-state index contributed by atoms with van der Waals surface area (Å²) < 4.78 is 28.5. The Hall–Kier alpha value is -1.34. The smallest absolute Gasteiger partial charge is 0.239 e. The summed E-state index contributed by atoms with van der Waals surface area (Å²) in [6.45, 7) is 5.12. The molecular formula is C15H24N2O4S. The first kappa shape index (κ1) is 17.0. The largest absolute Gasteiger partial charge is 0.468 e. The standard InChI is InChI=1S/C15H24N2O4S/c1-4-17(10-14-6-5-8-21-14)12(2)15(18)16(3)13-7-9-22(19,20)11-13/h5-6,8,12-13H,4,7,9-11H2,1-3H3/t12-,13-/m0/s1. The third-order valence-electron chi connectivity index (χ3n) is 4.35. The lowest BCUT2D eigenvalue weighted by Crippen LogP contribution is -2.49. The zero-order chi connectivity index (χ0) is 16.3. The first-order valence-electron chi connectivity index (χ1n) is 7.57. The van der Waals surface area contributed by atoms with Crippen LogP contribution in [0.1, 0.15) is 26.0 Å². The Kier molecular flexibility index (Phi) is 5.28. The maximum atomic E-state index is 12.6. The number of likely N-dealkylation sites (N-methyl/N-ethyl adjacent to an activating group) is 2. The van der Waals surface area contributed by atoms with E-state index in [2.05, 4.69) is 0 Å². The van der Waals surface area contributed by atoms with Gasteiger partial charge in [-0.2, -0.15) is 0 Å². The average molecular weight is 328 g/mol. The van der Waals surface area contributed by atoms with Gasteiger partial charge in [0, 0.05) is 13.1 Å². The highest BCUT2D eigenvalue weighted by molar-refractivity contribution is 7.91. The monoisotopic (exact) mass is 328 g/mol. The molecule has 1 aromatic heterocycles. The molecule has 0 aliphatic carbocycles. The summed E-state index contributed by atoms with van der Waals surface area (Å²) in [5.74, 6) is 1.02. The zero-order valence-electron chi connectivity index (χ0n) is 13.4. The molecule has 2 atom stereocenters. The van der Waals surface area contributed by atoms with E-state index in [4.69, 9.17) is 4.42 Å². The van der Waals surface area contributed by atoms with E-state index in [0.717, 1.165) is 5.76 Å². The molecular weight excluding hydrogens is 304 g/mol. The molecule has 1 amide bonds. The molecule has 1 aliphatic rings. The highest BCUT2D eigenvalue weighted by atomic mass is 32.2. The number of nitrogens with zero attached hydrogens (tertiary/aromatic N) is 2. The first-order valence-corrected chi connectivity index (χ1v) is 9.39. The van der Waals surface area contributed by atoms with Crippen LogP contribution in [0.4, 0.5) is 0 Å². The third kappa shape index (κ3) is 3.89. The molecule has 0 N–H and O–H groups in total. The summed E-state index contributed by atoms with van der Waals surface area (Å²) in [7, 11) is -1.29. The molecule has 0 aromatic carbocycles. The van der Waals surface area contributed by atoms with Crippen molar-refractivity contribution in [3.8, 4) is 0 Å². The van der Waals surface area contributed by atoms with Crippen molar-refractivity contribution >= 4 is 15.7 Å². The lowest BCUT2D eigenvalue weighted by Gasteiger charge is -2.32. The summed E-state index contributed by atoms with van der Waals surface area (Å²) in [6, 6.07) is 3.18. The van der Waals surface area contributed by atoms with Crippen LogP contribution in [-0.2, 0) is 21.2 Å². The zero-order valence-corrected chi connectivity index (χ0v) is 14.2. The van der Waals surface area contributed by atoms with Crippen LogP contribution < -0.4 is 0 Å². The lowest BCUT2D eigenvalue weighted by atomic mass is 10.1. The number of sulfone groups is 1. The van der Waals surface area contributed by atoms with Gasteiger partial charge in [0.2, 0.25) is 5.91 Å². The van der Waals surface area contributed by atoms with Gasteiger partial charge in [0.1, 0.15) is 5.76 Å². The molecule has 1 saturated heterocycles. The second-order valence-electron chi connectivity index (χ2n) is 5.82. The van der Waals surface area contributed by atoms with E-state index < -0.39 is 9.84 Å². The van der Waals surface area contributed by atoms with Gasteiger partial charge in [0.25, 0.3) is 0 Å². The van der Waals surface area contributed by atoms with E-state index >= 15 is 0 Å². The van der Waals surface area contributed by atoms with Crippen molar-refractivity contribution in [3.63, 3.8) is 0 Å². The third-order valence-corrected chi connectivity index (χ3v) is 6.10. The number of hydrogen-bond acceptors (Lipinski definition) is 5. The van der Waals surface area contributed by atoms with Crippen LogP contribution in [0.3, 0.4) is 0 Å². The van der Waals surface area contributed by atoms with Gasteiger partial charge in [0.15, 0.2) is 9.84 Å². The van der Waals surface area contributed by atoms with Crippen LogP contribution in [0.15, 0.2) is 22.8 Å². The molecule has 2 rings (SSSR count). The SMILES string of the molecule is CCN(Cc1ccco1)[C@@H](C)C(=O)N(C)[C@H]1CCS(=O)(=O)C1. The molecule has 124 valence electrons. The van der Waals surface area contributed by atoms with Crippen molar-refractivity contribution in [2.75, 3.05) is 25.1 Å². The van der Waals surface area contributed by atoms with Crippen molar-refractivity contribution < 1.29 is 17.6 Å². The van der Waals surface area contributed by atoms with Crippen LogP contribution in [0, 0.1) is 0 Å². The summed E-state index contributed by atoms with van der Waals surface area (Å²) in [6.07, 6.45) is 2.15. The van der Waals surface area contributed by atoms with Crippen molar-refractivity contribution in [2.24, 2.45) is 0 Å². The Labute approximate surface area is 132 Å². The predicted molar refractivity (Wildman–Crippen MR) is 84.1 cm³/mol. The Morgan fingerprint density at radius 1 is 1.50 bits per heavy atom. The molecule has 2 heterocycles. The molecule has 1 aliphatic heterocycles. The maximum Gasteiger partial charge on any atom is 0.239 e. The summed E-state index contributed by atoms with van der Waals surface area (Å²) in [5.41, 5.74) is 0. The number of carbonyl (C=O) groups is 1. The van der Waals surface area contributed by atoms with Crippen molar-refractivity contribution in [1.82, 2.24) is 9.80 Å². The van der Waals surface area contributed by atoms with Gasteiger partial charge in [0.05, 0.1) is 30.4 Å². The number of amides is 1. The normalized spacial score (nSPS) is 21.9. The molecule has 0 spiro atoms. The molecule has 22 heavy (non-hydrogen) atoms. The highest BCUT2D eigenvalue weighted by Crippen LogP contribution is 2.19. The van der Waals surface area contributed by atoms with Gasteiger partial charge >= 0.3 is 0 Å². The van der Waals surface area contributed by atoms with Gasteiger partial charge in [-0.1, -0.05) is 6.92 Å². The van der Waals surface area contributed by atoms with Crippen LogP contribution in [0.25, 0.3) is 0 Å². The minimum atomic E-state index is -2.99. The van der Waals surface area contributed by atoms with E-state index in [9.17, 15) is 13.2 Å². The summed E-state index contributed by atoms with van der Waals surface area (Å²) in [4.78, 5) is 16.2. The molecule has 1 aromatic rings. The van der Waals surface area contributed by atoms with Crippen LogP contribution in [0.5, 0.6) is 0 Å². The van der Waals surface area contributed by atoms with E-state index in [-0.39, 0.29) is 29.5 Å². The van der Waals surface area contributed by atoms with Crippen molar-refractivity contribution in [1.29, 1.82) is 0 Å². The van der Waals surface area contributed by atoms with E-state index in [0.29, 0.717) is 19.5 Å². The summed E-state index contributed by atoms with van der Waals surface area (Å²) >= 11 is 0. The average Bonchev–Trinajstić information content (AvgIpc) is 3.11. The Balaban J connectivity index is 2.00. The molecule has 0 bridgehead atoms. The topological polar surface area (TPSA) is 70.8 Å². The Morgan fingerprint density at radius 2 is 2.23 bits per heavy atom. The summed E-state index contributed by atoms with van der Waals surface area (Å²) in [5, 5.41) is 0.